The summed E-state index contributed by atoms with van der Waals surface area (Å²) < 4.78 is 5.27. The molecule has 4 aromatic carbocycles. The maximum absolute atomic E-state index is 2.63. The summed E-state index contributed by atoms with van der Waals surface area (Å²) in [5, 5.41) is 2.70. The minimum Gasteiger partial charge on any atom is -0.171 e. The fraction of sp³-hybridized carbons (Fsp3) is 0.333. The molecule has 0 fully saturated rings. The van der Waals surface area contributed by atoms with Gasteiger partial charge in [-0.25, -0.2) is 0 Å². The summed E-state index contributed by atoms with van der Waals surface area (Å²) >= 11 is 0. The van der Waals surface area contributed by atoms with Crippen LogP contribution in [0.25, 0.3) is 44.7 Å². The second-order valence-corrected chi connectivity index (χ2v) is 13.3. The lowest BCUT2D eigenvalue weighted by Crippen LogP contribution is -2.31. The number of benzene rings is 4. The van der Waals surface area contributed by atoms with Crippen LogP contribution in [0.5, 0.6) is 0 Å². The SMILES string of the molecule is CC(C)c1cccc(C(C)C)c1-n1p[n+](-c2c(C(C)C)cccc2C(C)C)c2c1-c1cccc3cccc-2c13. The molecule has 1 aromatic heterocycles. The third-order valence-electron chi connectivity index (χ3n) is 8.35. The van der Waals surface area contributed by atoms with E-state index >= 15 is 0 Å². The van der Waals surface area contributed by atoms with Crippen molar-refractivity contribution in [3.63, 3.8) is 0 Å². The van der Waals surface area contributed by atoms with Crippen molar-refractivity contribution in [3.8, 4) is 33.9 Å². The van der Waals surface area contributed by atoms with E-state index in [-0.39, 0.29) is 0 Å². The van der Waals surface area contributed by atoms with Gasteiger partial charge in [-0.2, -0.15) is 8.66 Å². The number of rotatable bonds is 6. The largest absolute Gasteiger partial charge is 0.358 e. The molecule has 2 nitrogen and oxygen atoms in total. The van der Waals surface area contributed by atoms with Crippen molar-refractivity contribution in [3.05, 3.63) is 95.1 Å². The zero-order chi connectivity index (χ0) is 27.6. The monoisotopic (exact) mass is 531 g/mol. The van der Waals surface area contributed by atoms with E-state index in [4.69, 9.17) is 0 Å². The summed E-state index contributed by atoms with van der Waals surface area (Å²) in [5.41, 5.74) is 13.9. The van der Waals surface area contributed by atoms with Crippen LogP contribution < -0.4 is 4.33 Å². The molecule has 0 amide bonds. The highest BCUT2D eigenvalue weighted by atomic mass is 31.1. The van der Waals surface area contributed by atoms with Gasteiger partial charge < -0.3 is 0 Å². The zero-order valence-electron chi connectivity index (χ0n) is 24.6. The number of hydrogen-bond donors (Lipinski definition) is 0. The Hall–Kier alpha value is -3.22. The van der Waals surface area contributed by atoms with Crippen molar-refractivity contribution in [2.45, 2.75) is 79.1 Å². The molecule has 0 atom stereocenters. The molecule has 0 N–H and O–H groups in total. The van der Waals surface area contributed by atoms with Crippen LogP contribution in [0.2, 0.25) is 0 Å². The molecule has 198 valence electrons. The Kier molecular flexibility index (Phi) is 6.51. The first kappa shape index (κ1) is 26.0. The Bertz CT molecular complexity index is 1550. The molecule has 39 heavy (non-hydrogen) atoms. The standard InChI is InChI=1S/C36H40N2P/c1-21(2)26-15-11-16-27(22(3)4)33(26)37-35-30-19-9-13-25-14-10-20-31(32(25)30)36(35)38(39-37)34-28(23(5)6)17-12-18-29(34)24(7)8/h9-24H,1-8H3/q+1. The van der Waals surface area contributed by atoms with E-state index in [1.807, 2.05) is 0 Å². The molecule has 0 radical (unpaired) electrons. The maximum atomic E-state index is 2.63. The molecule has 0 bridgehead atoms. The Morgan fingerprint density at radius 1 is 0.564 bits per heavy atom. The summed E-state index contributed by atoms with van der Waals surface area (Å²) in [4.78, 5) is 0. The molecular weight excluding hydrogens is 491 g/mol. The van der Waals surface area contributed by atoms with E-state index in [0.29, 0.717) is 23.7 Å². The van der Waals surface area contributed by atoms with Crippen LogP contribution in [0.1, 0.15) is 101 Å². The van der Waals surface area contributed by atoms with Gasteiger partial charge in [-0.05, 0) is 41.2 Å². The minimum absolute atomic E-state index is 0.431. The highest BCUT2D eigenvalue weighted by Gasteiger charge is 2.39. The smallest absolute Gasteiger partial charge is 0.171 e. The third-order valence-corrected chi connectivity index (χ3v) is 9.51. The molecule has 0 aliphatic heterocycles. The van der Waals surface area contributed by atoms with Gasteiger partial charge in [-0.15, -0.1) is 0 Å². The van der Waals surface area contributed by atoms with Crippen molar-refractivity contribution in [1.82, 2.24) is 4.33 Å². The van der Waals surface area contributed by atoms with E-state index in [2.05, 4.69) is 137 Å². The third kappa shape index (κ3) is 3.99. The maximum Gasteiger partial charge on any atom is 0.358 e. The summed E-state index contributed by atoms with van der Waals surface area (Å²) in [5.74, 6) is 1.72. The molecule has 5 aromatic rings. The Morgan fingerprint density at radius 3 is 1.54 bits per heavy atom. The van der Waals surface area contributed by atoms with Crippen molar-refractivity contribution >= 4 is 19.3 Å². The number of aromatic nitrogens is 2. The van der Waals surface area contributed by atoms with Crippen molar-refractivity contribution in [2.24, 2.45) is 0 Å². The van der Waals surface area contributed by atoms with Crippen LogP contribution in [0.3, 0.4) is 0 Å². The lowest BCUT2D eigenvalue weighted by Gasteiger charge is -2.18. The molecule has 3 heteroatoms. The van der Waals surface area contributed by atoms with Gasteiger partial charge in [-0.1, -0.05) is 116 Å². The number of nitrogens with zero attached hydrogens (tertiary/aromatic N) is 2. The zero-order valence-corrected chi connectivity index (χ0v) is 25.5. The van der Waals surface area contributed by atoms with E-state index in [0.717, 1.165) is 0 Å². The number of para-hydroxylation sites is 2. The summed E-state index contributed by atoms with van der Waals surface area (Å²) in [6, 6.07) is 27.5. The molecule has 1 heterocycles. The van der Waals surface area contributed by atoms with Crippen LogP contribution in [-0.2, 0) is 0 Å². The van der Waals surface area contributed by atoms with Crippen LogP contribution in [0, 0.1) is 0 Å². The fourth-order valence-electron chi connectivity index (χ4n) is 6.42. The molecule has 0 unspecified atom stereocenters. The summed E-state index contributed by atoms with van der Waals surface area (Å²) in [7, 11) is 1.17. The lowest BCUT2D eigenvalue weighted by atomic mass is 9.92. The predicted molar refractivity (Wildman–Crippen MR) is 168 cm³/mol. The van der Waals surface area contributed by atoms with Gasteiger partial charge in [0.25, 0.3) is 0 Å². The summed E-state index contributed by atoms with van der Waals surface area (Å²) in [6.45, 7) is 18.7. The summed E-state index contributed by atoms with van der Waals surface area (Å²) in [6.07, 6.45) is 0. The first-order chi connectivity index (χ1) is 18.7. The van der Waals surface area contributed by atoms with Crippen LogP contribution >= 0.6 is 8.51 Å². The van der Waals surface area contributed by atoms with Gasteiger partial charge in [0.2, 0.25) is 0 Å². The molecule has 0 spiro atoms. The quantitative estimate of drug-likeness (QED) is 0.202. The number of hydrogen-bond acceptors (Lipinski definition) is 0. The van der Waals surface area contributed by atoms with E-state index in [1.165, 1.54) is 75.4 Å². The van der Waals surface area contributed by atoms with Crippen molar-refractivity contribution < 1.29 is 4.33 Å². The minimum atomic E-state index is 0.431. The Morgan fingerprint density at radius 2 is 1.03 bits per heavy atom. The molecule has 0 saturated heterocycles. The van der Waals surface area contributed by atoms with Gasteiger partial charge in [0, 0.05) is 38.8 Å². The van der Waals surface area contributed by atoms with Crippen LogP contribution in [0.4, 0.5) is 0 Å². The predicted octanol–water partition coefficient (Wildman–Crippen LogP) is 10.6. The molecule has 6 rings (SSSR count). The van der Waals surface area contributed by atoms with Crippen molar-refractivity contribution in [2.75, 3.05) is 0 Å². The average Bonchev–Trinajstić information content (AvgIpc) is 3.45. The van der Waals surface area contributed by atoms with E-state index in [1.54, 1.807) is 0 Å². The van der Waals surface area contributed by atoms with Gasteiger partial charge in [0.05, 0.1) is 0 Å². The molecule has 1 aliphatic carbocycles. The van der Waals surface area contributed by atoms with Gasteiger partial charge in [0.15, 0.2) is 11.4 Å². The normalized spacial score (nSPS) is 12.7. The number of fused-ring (bicyclic) bond motifs is 3. The van der Waals surface area contributed by atoms with Crippen LogP contribution in [0.15, 0.2) is 72.8 Å². The second kappa shape index (κ2) is 9.76. The molecule has 1 aliphatic rings. The highest BCUT2D eigenvalue weighted by Crippen LogP contribution is 2.50. The lowest BCUT2D eigenvalue weighted by molar-refractivity contribution is -0.506. The molecule has 0 saturated carbocycles. The van der Waals surface area contributed by atoms with Crippen molar-refractivity contribution in [1.29, 1.82) is 0 Å². The first-order valence-electron chi connectivity index (χ1n) is 14.5. The fourth-order valence-corrected chi connectivity index (χ4v) is 7.83. The average molecular weight is 532 g/mol. The van der Waals surface area contributed by atoms with E-state index < -0.39 is 0 Å². The van der Waals surface area contributed by atoms with Gasteiger partial charge in [0.1, 0.15) is 11.4 Å². The van der Waals surface area contributed by atoms with E-state index in [9.17, 15) is 0 Å². The van der Waals surface area contributed by atoms with Gasteiger partial charge >= 0.3 is 8.51 Å². The van der Waals surface area contributed by atoms with Crippen LogP contribution in [-0.4, -0.2) is 4.33 Å². The highest BCUT2D eigenvalue weighted by molar-refractivity contribution is 7.18. The van der Waals surface area contributed by atoms with Gasteiger partial charge in [-0.3, -0.25) is 0 Å². The first-order valence-corrected chi connectivity index (χ1v) is 15.3. The second-order valence-electron chi connectivity index (χ2n) is 12.3. The molecular formula is C36H40N2P+. The topological polar surface area (TPSA) is 8.81 Å². The Balaban J connectivity index is 1.82. The Labute approximate surface area is 235 Å².